The average molecular weight is 807 g/mol. The second kappa shape index (κ2) is 25.1. The van der Waals surface area contributed by atoms with Crippen molar-refractivity contribution in [2.24, 2.45) is 5.92 Å². The molecule has 2 amide bonds. The Morgan fingerprint density at radius 2 is 1.12 bits per heavy atom. The zero-order valence-corrected chi connectivity index (χ0v) is 32.5. The molecule has 0 spiro atoms. The lowest BCUT2D eigenvalue weighted by Gasteiger charge is -2.36. The minimum Gasteiger partial charge on any atom is -0.466 e. The van der Waals surface area contributed by atoms with Gasteiger partial charge in [-0.2, -0.15) is 0 Å². The van der Waals surface area contributed by atoms with E-state index in [9.17, 15) is 24.3 Å². The lowest BCUT2D eigenvalue weighted by molar-refractivity contribution is -0.170. The van der Waals surface area contributed by atoms with Crippen molar-refractivity contribution in [3.63, 3.8) is 0 Å². The fourth-order valence-corrected chi connectivity index (χ4v) is 5.75. The van der Waals surface area contributed by atoms with Crippen LogP contribution in [0.2, 0.25) is 0 Å². The van der Waals surface area contributed by atoms with E-state index in [1.54, 1.807) is 46.2 Å². The van der Waals surface area contributed by atoms with E-state index in [0.29, 0.717) is 50.7 Å². The van der Waals surface area contributed by atoms with Gasteiger partial charge >= 0.3 is 24.1 Å². The van der Waals surface area contributed by atoms with E-state index in [1.165, 1.54) is 0 Å². The predicted octanol–water partition coefficient (Wildman–Crippen LogP) is 8.07. The zero-order valence-electron chi connectivity index (χ0n) is 32.5. The summed E-state index contributed by atoms with van der Waals surface area (Å²) in [5.41, 5.74) is -0.497. The zero-order chi connectivity index (χ0) is 39.2. The molecule has 2 fully saturated rings. The van der Waals surface area contributed by atoms with Gasteiger partial charge in [0.25, 0.3) is 0 Å². The maximum Gasteiger partial charge on any atom is 0.413 e. The number of piperidine rings is 2. The highest BCUT2D eigenvalue weighted by Crippen LogP contribution is 2.25. The Balaban J connectivity index is 0. The number of amides is 2. The summed E-state index contributed by atoms with van der Waals surface area (Å²) < 4.78 is 20.5. The molecule has 0 radical (unpaired) electrons. The monoisotopic (exact) mass is 807 g/mol. The number of hydrogen-bond acceptors (Lipinski definition) is 13. The van der Waals surface area contributed by atoms with Gasteiger partial charge in [0, 0.05) is 38.6 Å². The van der Waals surface area contributed by atoms with Crippen LogP contribution in [0.25, 0.3) is 0 Å². The van der Waals surface area contributed by atoms with Crippen molar-refractivity contribution in [3.05, 3.63) is 47.8 Å². The minimum atomic E-state index is -1.39. The van der Waals surface area contributed by atoms with Gasteiger partial charge < -0.3 is 24.1 Å². The number of nitrogens with one attached hydrogen (secondary N) is 2. The number of aromatic nitrogens is 2. The van der Waals surface area contributed by atoms with E-state index < -0.39 is 35.0 Å². The van der Waals surface area contributed by atoms with Crippen LogP contribution in [0.4, 0.5) is 21.2 Å². The van der Waals surface area contributed by atoms with E-state index in [1.807, 2.05) is 45.9 Å². The first-order valence-electron chi connectivity index (χ1n) is 18.3. The van der Waals surface area contributed by atoms with Crippen LogP contribution < -0.4 is 10.6 Å². The number of aliphatic hydroxyl groups is 1. The molecule has 0 bridgehead atoms. The average Bonchev–Trinajstić information content (AvgIpc) is 3.05. The van der Waals surface area contributed by atoms with Gasteiger partial charge in [0.2, 0.25) is 0 Å². The molecule has 15 heteroatoms. The van der Waals surface area contributed by atoms with Crippen LogP contribution in [0.5, 0.6) is 0 Å². The number of pyridine rings is 2. The fourth-order valence-electron chi connectivity index (χ4n) is 5.75. The number of carbonyl (C=O) groups is 4. The van der Waals surface area contributed by atoms with E-state index in [2.05, 4.69) is 30.4 Å². The third-order valence-corrected chi connectivity index (χ3v) is 8.27. The van der Waals surface area contributed by atoms with Gasteiger partial charge in [0.05, 0.1) is 19.1 Å². The predicted molar refractivity (Wildman–Crippen MR) is 226 cm³/mol. The van der Waals surface area contributed by atoms with Crippen LogP contribution in [0.15, 0.2) is 36.7 Å². The van der Waals surface area contributed by atoms with Crippen molar-refractivity contribution in [3.8, 4) is 0 Å². The van der Waals surface area contributed by atoms with Gasteiger partial charge in [0.1, 0.15) is 22.8 Å². The van der Waals surface area contributed by atoms with Crippen molar-refractivity contribution >= 4 is 35.8 Å². The normalized spacial score (nSPS) is 15.5. The highest BCUT2D eigenvalue weighted by Gasteiger charge is 2.40. The molecular formula is C42H74N6O9. The van der Waals surface area contributed by atoms with Gasteiger partial charge in [0.15, 0.2) is 5.60 Å². The summed E-state index contributed by atoms with van der Waals surface area (Å²) in [7, 11) is 0. The van der Waals surface area contributed by atoms with E-state index >= 15 is 0 Å². The van der Waals surface area contributed by atoms with Crippen molar-refractivity contribution in [1.29, 1.82) is 0 Å². The van der Waals surface area contributed by atoms with Gasteiger partial charge in [-0.15, -0.1) is 0 Å². The van der Waals surface area contributed by atoms with E-state index in [0.717, 1.165) is 43.6 Å². The number of hydrogen-bond donors (Lipinski definition) is 3. The Labute approximate surface area is 342 Å². The summed E-state index contributed by atoms with van der Waals surface area (Å²) >= 11 is 0. The third kappa shape index (κ3) is 20.1. The lowest BCUT2D eigenvalue weighted by Crippen LogP contribution is -2.49. The van der Waals surface area contributed by atoms with Crippen molar-refractivity contribution in [2.75, 3.05) is 50.0 Å². The summed E-state index contributed by atoms with van der Waals surface area (Å²) in [5.74, 6) is 0.269. The number of carbonyl (C=O) groups excluding carboxylic acids is 4. The van der Waals surface area contributed by atoms with Crippen LogP contribution in [0.1, 0.15) is 122 Å². The Hall–Kier alpha value is -4.34. The van der Waals surface area contributed by atoms with Crippen LogP contribution in [-0.4, -0.2) is 105 Å². The molecule has 2 aromatic rings. The molecule has 0 aliphatic carbocycles. The maximum absolute atomic E-state index is 11.9. The molecule has 4 rings (SSSR count). The molecule has 0 aromatic carbocycles. The second-order valence-corrected chi connectivity index (χ2v) is 15.2. The third-order valence-electron chi connectivity index (χ3n) is 8.27. The molecule has 2 aliphatic heterocycles. The largest absolute Gasteiger partial charge is 0.466 e. The first-order valence-corrected chi connectivity index (χ1v) is 18.3. The SMILES string of the molecule is C.C.C.C.CCOC(=O)C1(O)CCN(Cc2ccnc(NC(=O)OC(C)(C)C)c2)CC1.CCOC(=O)C1CCN(Cc2ccnc(NC(=O)OC(C)(C)C)c2)CC1. The number of anilines is 2. The Morgan fingerprint density at radius 3 is 1.51 bits per heavy atom. The topological polar surface area (TPSA) is 182 Å². The second-order valence-electron chi connectivity index (χ2n) is 15.2. The summed E-state index contributed by atoms with van der Waals surface area (Å²) in [6.07, 6.45) is 4.52. The molecule has 2 aromatic heterocycles. The van der Waals surface area contributed by atoms with Crippen LogP contribution in [-0.2, 0) is 41.6 Å². The summed E-state index contributed by atoms with van der Waals surface area (Å²) in [6, 6.07) is 7.43. The van der Waals surface area contributed by atoms with Crippen LogP contribution >= 0.6 is 0 Å². The number of ether oxygens (including phenoxy) is 4. The molecule has 2 aliphatic rings. The molecule has 0 saturated carbocycles. The highest BCUT2D eigenvalue weighted by molar-refractivity contribution is 5.84. The smallest absolute Gasteiger partial charge is 0.413 e. The first-order chi connectivity index (χ1) is 24.9. The summed E-state index contributed by atoms with van der Waals surface area (Å²) in [4.78, 5) is 60.1. The maximum atomic E-state index is 11.9. The van der Waals surface area contributed by atoms with Crippen molar-refractivity contribution in [2.45, 2.75) is 141 Å². The van der Waals surface area contributed by atoms with Gasteiger partial charge in [-0.1, -0.05) is 29.7 Å². The lowest BCUT2D eigenvalue weighted by atomic mass is 9.91. The molecule has 15 nitrogen and oxygen atoms in total. The molecular weight excluding hydrogens is 732 g/mol. The summed E-state index contributed by atoms with van der Waals surface area (Å²) in [5, 5.41) is 15.7. The molecule has 326 valence electrons. The minimum absolute atomic E-state index is 0. The molecule has 2 saturated heterocycles. The van der Waals surface area contributed by atoms with Gasteiger partial charge in [-0.05, 0) is 130 Å². The van der Waals surface area contributed by atoms with E-state index in [4.69, 9.17) is 18.9 Å². The molecule has 0 atom stereocenters. The number of rotatable bonds is 10. The quantitative estimate of drug-likeness (QED) is 0.155. The van der Waals surface area contributed by atoms with E-state index in [-0.39, 0.29) is 48.2 Å². The van der Waals surface area contributed by atoms with Gasteiger partial charge in [-0.25, -0.2) is 24.4 Å². The van der Waals surface area contributed by atoms with Crippen LogP contribution in [0.3, 0.4) is 0 Å². The van der Waals surface area contributed by atoms with Gasteiger partial charge in [-0.3, -0.25) is 25.2 Å². The van der Waals surface area contributed by atoms with Crippen LogP contribution in [0, 0.1) is 5.92 Å². The molecule has 4 heterocycles. The highest BCUT2D eigenvalue weighted by atomic mass is 16.6. The number of likely N-dealkylation sites (tertiary alicyclic amines) is 2. The number of esters is 2. The summed E-state index contributed by atoms with van der Waals surface area (Å²) in [6.45, 7) is 19.3. The standard InChI is InChI=1S/C19H29N3O5.C19H29N3O4.4CH4/c1-5-26-16(23)19(25)7-10-22(11-8-19)13-14-6-9-20-15(12-14)21-17(24)27-18(2,3)4;1-5-25-17(23)15-7-10-22(11-8-15)13-14-6-9-20-16(12-14)21-18(24)26-19(2,3)4;;;;/h6,9,12,25H,5,7-8,10-11,13H2,1-4H3,(H,20,21,24);6,9,12,15H,5,7-8,10-11,13H2,1-4H3,(H,20,21,24);4*1H4. The fraction of sp³-hybridized carbons (Fsp3) is 0.667. The van der Waals surface area contributed by atoms with Crippen molar-refractivity contribution < 1.29 is 43.2 Å². The Morgan fingerprint density at radius 1 is 0.719 bits per heavy atom. The first kappa shape index (κ1) is 54.8. The Bertz CT molecular complexity index is 1510. The Kier molecular flexibility index (Phi) is 24.1. The molecule has 3 N–H and O–H groups in total. The molecule has 0 unspecified atom stereocenters. The number of nitrogens with zero attached hydrogens (tertiary/aromatic N) is 4. The molecule has 57 heavy (non-hydrogen) atoms. The van der Waals surface area contributed by atoms with Crippen molar-refractivity contribution in [1.82, 2.24) is 19.8 Å².